The minimum atomic E-state index is 0.883. The molecule has 0 radical (unpaired) electrons. The third kappa shape index (κ3) is 2.22. The van der Waals surface area contributed by atoms with Crippen LogP contribution in [0.15, 0.2) is 0 Å². The van der Waals surface area contributed by atoms with Crippen molar-refractivity contribution in [3.05, 3.63) is 0 Å². The minimum Gasteiger partial charge on any atom is -0.303 e. The molecular formula is C11H23N. The van der Waals surface area contributed by atoms with Crippen LogP contribution in [-0.4, -0.2) is 24.5 Å². The molecule has 0 aromatic rings. The zero-order valence-corrected chi connectivity index (χ0v) is 8.84. The maximum absolute atomic E-state index is 2.57. The molecule has 0 spiro atoms. The largest absolute Gasteiger partial charge is 0.303 e. The first kappa shape index (κ1) is 10.0. The Balaban J connectivity index is 2.47. The second kappa shape index (κ2) is 4.86. The fourth-order valence-electron chi connectivity index (χ4n) is 2.55. The lowest BCUT2D eigenvalue weighted by atomic mass is 9.85. The molecular weight excluding hydrogens is 146 g/mol. The lowest BCUT2D eigenvalue weighted by Gasteiger charge is -2.39. The van der Waals surface area contributed by atoms with Gasteiger partial charge in [0.05, 0.1) is 0 Å². The van der Waals surface area contributed by atoms with Crippen LogP contribution >= 0.6 is 0 Å². The molecule has 0 aromatic carbocycles. The fourth-order valence-corrected chi connectivity index (χ4v) is 2.55. The van der Waals surface area contributed by atoms with Crippen molar-refractivity contribution in [2.45, 2.75) is 52.0 Å². The van der Waals surface area contributed by atoms with Gasteiger partial charge in [0.1, 0.15) is 0 Å². The van der Waals surface area contributed by atoms with Crippen LogP contribution in [0.5, 0.6) is 0 Å². The third-order valence-electron chi connectivity index (χ3n) is 3.30. The Morgan fingerprint density at radius 2 is 2.08 bits per heavy atom. The first-order chi connectivity index (χ1) is 5.79. The summed E-state index contributed by atoms with van der Waals surface area (Å²) in [5, 5.41) is 0. The highest BCUT2D eigenvalue weighted by molar-refractivity contribution is 4.81. The van der Waals surface area contributed by atoms with Gasteiger partial charge in [0, 0.05) is 6.04 Å². The number of nitrogens with zero attached hydrogens (tertiary/aromatic N) is 1. The molecule has 0 bridgehead atoms. The highest BCUT2D eigenvalue weighted by Gasteiger charge is 2.26. The Bertz CT molecular complexity index is 122. The first-order valence-electron chi connectivity index (χ1n) is 5.49. The van der Waals surface area contributed by atoms with E-state index in [2.05, 4.69) is 25.8 Å². The maximum atomic E-state index is 2.57. The summed E-state index contributed by atoms with van der Waals surface area (Å²) < 4.78 is 0. The van der Waals surface area contributed by atoms with E-state index in [-0.39, 0.29) is 0 Å². The Labute approximate surface area is 77.1 Å². The average Bonchev–Trinajstić information content (AvgIpc) is 2.09. The summed E-state index contributed by atoms with van der Waals surface area (Å²) in [4.78, 5) is 2.57. The summed E-state index contributed by atoms with van der Waals surface area (Å²) in [6, 6.07) is 0.883. The van der Waals surface area contributed by atoms with Gasteiger partial charge in [-0.1, -0.05) is 26.7 Å². The molecule has 1 heterocycles. The molecule has 0 aromatic heterocycles. The van der Waals surface area contributed by atoms with Gasteiger partial charge in [0.25, 0.3) is 0 Å². The van der Waals surface area contributed by atoms with Crippen molar-refractivity contribution in [3.63, 3.8) is 0 Å². The van der Waals surface area contributed by atoms with Crippen LogP contribution < -0.4 is 0 Å². The van der Waals surface area contributed by atoms with Crippen molar-refractivity contribution in [2.24, 2.45) is 5.92 Å². The first-order valence-corrected chi connectivity index (χ1v) is 5.49. The van der Waals surface area contributed by atoms with Gasteiger partial charge in [0.15, 0.2) is 0 Å². The molecule has 1 aliphatic rings. The van der Waals surface area contributed by atoms with Gasteiger partial charge >= 0.3 is 0 Å². The van der Waals surface area contributed by atoms with Crippen molar-refractivity contribution >= 4 is 0 Å². The van der Waals surface area contributed by atoms with Crippen LogP contribution in [-0.2, 0) is 0 Å². The summed E-state index contributed by atoms with van der Waals surface area (Å²) in [6.07, 6.45) is 6.98. The number of rotatable bonds is 3. The van der Waals surface area contributed by atoms with E-state index in [1.807, 2.05) is 0 Å². The van der Waals surface area contributed by atoms with Gasteiger partial charge in [-0.2, -0.15) is 0 Å². The van der Waals surface area contributed by atoms with E-state index in [1.165, 1.54) is 38.6 Å². The lowest BCUT2D eigenvalue weighted by Crippen LogP contribution is -2.42. The molecule has 1 nitrogen and oxygen atoms in total. The zero-order valence-electron chi connectivity index (χ0n) is 8.84. The van der Waals surface area contributed by atoms with E-state index in [1.54, 1.807) is 0 Å². The lowest BCUT2D eigenvalue weighted by molar-refractivity contribution is 0.109. The van der Waals surface area contributed by atoms with E-state index in [0.29, 0.717) is 0 Å². The van der Waals surface area contributed by atoms with Crippen molar-refractivity contribution in [2.75, 3.05) is 13.6 Å². The molecule has 1 aliphatic heterocycles. The monoisotopic (exact) mass is 169 g/mol. The molecule has 1 saturated heterocycles. The number of hydrogen-bond donors (Lipinski definition) is 0. The summed E-state index contributed by atoms with van der Waals surface area (Å²) in [6.45, 7) is 5.96. The Hall–Kier alpha value is -0.0400. The van der Waals surface area contributed by atoms with Crippen LogP contribution in [0.25, 0.3) is 0 Å². The van der Waals surface area contributed by atoms with E-state index >= 15 is 0 Å². The maximum Gasteiger partial charge on any atom is 0.0120 e. The van der Waals surface area contributed by atoms with Gasteiger partial charge in [-0.05, 0) is 38.8 Å². The van der Waals surface area contributed by atoms with Crippen molar-refractivity contribution in [3.8, 4) is 0 Å². The summed E-state index contributed by atoms with van der Waals surface area (Å²) in [5.74, 6) is 0.976. The Morgan fingerprint density at radius 1 is 1.33 bits per heavy atom. The molecule has 0 N–H and O–H groups in total. The topological polar surface area (TPSA) is 3.24 Å². The van der Waals surface area contributed by atoms with Crippen LogP contribution in [0.2, 0.25) is 0 Å². The standard InChI is InChI=1S/C11H23N/c1-4-7-11-10(5-2)8-6-9-12(11)3/h10-11H,4-9H2,1-3H3. The molecule has 2 atom stereocenters. The Kier molecular flexibility index (Phi) is 4.07. The van der Waals surface area contributed by atoms with Gasteiger partial charge < -0.3 is 4.90 Å². The van der Waals surface area contributed by atoms with E-state index in [9.17, 15) is 0 Å². The fraction of sp³-hybridized carbons (Fsp3) is 1.00. The molecule has 1 heteroatoms. The van der Waals surface area contributed by atoms with Gasteiger partial charge in [-0.25, -0.2) is 0 Å². The van der Waals surface area contributed by atoms with Crippen LogP contribution in [0.1, 0.15) is 46.0 Å². The minimum absolute atomic E-state index is 0.883. The molecule has 1 rings (SSSR count). The molecule has 0 saturated carbocycles. The molecule has 0 amide bonds. The number of hydrogen-bond acceptors (Lipinski definition) is 1. The van der Waals surface area contributed by atoms with Crippen LogP contribution in [0.4, 0.5) is 0 Å². The highest BCUT2D eigenvalue weighted by Crippen LogP contribution is 2.27. The number of likely N-dealkylation sites (tertiary alicyclic amines) is 1. The zero-order chi connectivity index (χ0) is 8.97. The predicted molar refractivity (Wildman–Crippen MR) is 54.3 cm³/mol. The molecule has 1 fully saturated rings. The molecule has 0 aliphatic carbocycles. The van der Waals surface area contributed by atoms with E-state index in [4.69, 9.17) is 0 Å². The van der Waals surface area contributed by atoms with Crippen LogP contribution in [0.3, 0.4) is 0 Å². The van der Waals surface area contributed by atoms with Crippen LogP contribution in [0, 0.1) is 5.92 Å². The molecule has 12 heavy (non-hydrogen) atoms. The SMILES string of the molecule is CCCC1C(CC)CCCN1C. The second-order valence-electron chi connectivity index (χ2n) is 4.15. The predicted octanol–water partition coefficient (Wildman–Crippen LogP) is 2.91. The van der Waals surface area contributed by atoms with E-state index < -0.39 is 0 Å². The van der Waals surface area contributed by atoms with E-state index in [0.717, 1.165) is 12.0 Å². The van der Waals surface area contributed by atoms with Crippen molar-refractivity contribution in [1.29, 1.82) is 0 Å². The quantitative estimate of drug-likeness (QED) is 0.628. The van der Waals surface area contributed by atoms with Gasteiger partial charge in [-0.15, -0.1) is 0 Å². The normalized spacial score (nSPS) is 32.2. The van der Waals surface area contributed by atoms with Crippen molar-refractivity contribution < 1.29 is 0 Å². The summed E-state index contributed by atoms with van der Waals surface area (Å²) >= 11 is 0. The third-order valence-corrected chi connectivity index (χ3v) is 3.30. The summed E-state index contributed by atoms with van der Waals surface area (Å²) in [7, 11) is 2.29. The molecule has 2 unspecified atom stereocenters. The highest BCUT2D eigenvalue weighted by atomic mass is 15.1. The summed E-state index contributed by atoms with van der Waals surface area (Å²) in [5.41, 5.74) is 0. The smallest absolute Gasteiger partial charge is 0.0120 e. The Morgan fingerprint density at radius 3 is 2.67 bits per heavy atom. The van der Waals surface area contributed by atoms with Gasteiger partial charge in [-0.3, -0.25) is 0 Å². The van der Waals surface area contributed by atoms with Gasteiger partial charge in [0.2, 0.25) is 0 Å². The second-order valence-corrected chi connectivity index (χ2v) is 4.15. The molecule has 72 valence electrons. The van der Waals surface area contributed by atoms with Crippen molar-refractivity contribution in [1.82, 2.24) is 4.90 Å². The number of piperidine rings is 1. The average molecular weight is 169 g/mol.